The zero-order valence-corrected chi connectivity index (χ0v) is 17.1. The second-order valence-corrected chi connectivity index (χ2v) is 8.78. The summed E-state index contributed by atoms with van der Waals surface area (Å²) in [6.07, 6.45) is 1.60. The summed E-state index contributed by atoms with van der Waals surface area (Å²) in [5.41, 5.74) is 1.53. The van der Waals surface area contributed by atoms with Crippen LogP contribution in [-0.2, 0) is 10.5 Å². The van der Waals surface area contributed by atoms with E-state index in [0.29, 0.717) is 21.5 Å². The van der Waals surface area contributed by atoms with Gasteiger partial charge in [-0.05, 0) is 19.8 Å². The minimum Gasteiger partial charge on any atom is -0.300 e. The minimum atomic E-state index is -0.0697. The van der Waals surface area contributed by atoms with Crippen LogP contribution >= 0.6 is 34.4 Å². The first-order chi connectivity index (χ1) is 12.5. The highest BCUT2D eigenvalue weighted by Gasteiger charge is 2.16. The van der Waals surface area contributed by atoms with E-state index in [1.54, 1.807) is 10.5 Å². The van der Waals surface area contributed by atoms with Crippen molar-refractivity contribution in [2.24, 2.45) is 5.92 Å². The van der Waals surface area contributed by atoms with E-state index in [4.69, 9.17) is 0 Å². The van der Waals surface area contributed by atoms with Crippen LogP contribution in [0, 0.1) is 12.8 Å². The summed E-state index contributed by atoms with van der Waals surface area (Å²) in [7, 11) is 0. The summed E-state index contributed by atoms with van der Waals surface area (Å²) < 4.78 is 2.34. The summed E-state index contributed by atoms with van der Waals surface area (Å²) in [4.78, 5) is 29.5. The summed E-state index contributed by atoms with van der Waals surface area (Å²) >= 11 is 4.24. The average molecular weight is 410 g/mol. The molecule has 0 spiro atoms. The molecule has 0 aliphatic heterocycles. The zero-order chi connectivity index (χ0) is 18.7. The van der Waals surface area contributed by atoms with Crippen LogP contribution in [0.25, 0.3) is 4.96 Å². The van der Waals surface area contributed by atoms with Crippen molar-refractivity contribution in [1.29, 1.82) is 0 Å². The fraction of sp³-hybridized carbons (Fsp3) is 0.438. The molecule has 3 aromatic rings. The number of aryl methyl sites for hydroxylation is 1. The Labute approximate surface area is 162 Å². The Morgan fingerprint density at radius 2 is 2.12 bits per heavy atom. The van der Waals surface area contributed by atoms with Crippen molar-refractivity contribution in [1.82, 2.24) is 19.6 Å². The predicted octanol–water partition coefficient (Wildman–Crippen LogP) is 3.58. The molecule has 0 fully saturated rings. The number of aromatic nitrogens is 4. The molecular weight excluding hydrogens is 390 g/mol. The Morgan fingerprint density at radius 3 is 2.85 bits per heavy atom. The van der Waals surface area contributed by atoms with Gasteiger partial charge in [0.2, 0.25) is 11.0 Å². The quantitative estimate of drug-likeness (QED) is 0.474. The van der Waals surface area contributed by atoms with Crippen molar-refractivity contribution < 1.29 is 4.79 Å². The van der Waals surface area contributed by atoms with Crippen LogP contribution in [0.3, 0.4) is 0 Å². The average Bonchev–Trinajstić information content (AvgIpc) is 3.21. The van der Waals surface area contributed by atoms with Gasteiger partial charge in [-0.15, -0.1) is 21.5 Å². The molecule has 3 aromatic heterocycles. The Hall–Kier alpha value is -1.78. The predicted molar refractivity (Wildman–Crippen MR) is 106 cm³/mol. The molecule has 0 aliphatic rings. The fourth-order valence-electron chi connectivity index (χ4n) is 2.50. The van der Waals surface area contributed by atoms with E-state index in [9.17, 15) is 9.59 Å². The van der Waals surface area contributed by atoms with Gasteiger partial charge in [0, 0.05) is 28.8 Å². The van der Waals surface area contributed by atoms with Crippen molar-refractivity contribution in [2.45, 2.75) is 43.7 Å². The maximum atomic E-state index is 12.2. The van der Waals surface area contributed by atoms with Gasteiger partial charge in [-0.2, -0.15) is 0 Å². The number of carbonyl (C=O) groups excluding carboxylic acids is 1. The molecule has 3 rings (SSSR count). The standard InChI is InChI=1S/C16H19N5O2S3/c1-4-10(5-2)13(23)18-14-19-20-16(26-14)25-8-11-6-12(22)21-9(3)7-24-15(21)17-11/h6-7,10H,4-5,8H2,1-3H3,(H,18,19,23). The topological polar surface area (TPSA) is 89.2 Å². The third-order valence-electron chi connectivity index (χ3n) is 3.97. The third kappa shape index (κ3) is 4.13. The number of nitrogens with one attached hydrogen (secondary N) is 1. The van der Waals surface area contributed by atoms with Gasteiger partial charge >= 0.3 is 0 Å². The number of hydrogen-bond donors (Lipinski definition) is 1. The first-order valence-corrected chi connectivity index (χ1v) is 10.9. The van der Waals surface area contributed by atoms with E-state index in [-0.39, 0.29) is 17.4 Å². The van der Waals surface area contributed by atoms with Crippen LogP contribution in [0.4, 0.5) is 5.13 Å². The van der Waals surface area contributed by atoms with Crippen molar-refractivity contribution in [3.63, 3.8) is 0 Å². The van der Waals surface area contributed by atoms with Crippen molar-refractivity contribution in [2.75, 3.05) is 5.32 Å². The van der Waals surface area contributed by atoms with Crippen LogP contribution in [0.15, 0.2) is 20.6 Å². The number of carbonyl (C=O) groups is 1. The highest BCUT2D eigenvalue weighted by atomic mass is 32.2. The van der Waals surface area contributed by atoms with E-state index in [1.807, 2.05) is 26.2 Å². The Morgan fingerprint density at radius 1 is 1.35 bits per heavy atom. The molecule has 0 saturated heterocycles. The number of thioether (sulfide) groups is 1. The van der Waals surface area contributed by atoms with Gasteiger partial charge in [-0.1, -0.05) is 36.9 Å². The summed E-state index contributed by atoms with van der Waals surface area (Å²) in [6.45, 7) is 5.88. The van der Waals surface area contributed by atoms with E-state index < -0.39 is 0 Å². The second-order valence-electron chi connectivity index (χ2n) is 5.75. The molecule has 0 bridgehead atoms. The smallest absolute Gasteiger partial charge is 0.258 e. The molecule has 0 aromatic carbocycles. The molecule has 0 radical (unpaired) electrons. The number of hydrogen-bond acceptors (Lipinski definition) is 8. The SMILES string of the molecule is CCC(CC)C(=O)Nc1nnc(SCc2cc(=O)n3c(C)csc3n2)s1. The number of anilines is 1. The largest absolute Gasteiger partial charge is 0.300 e. The van der Waals surface area contributed by atoms with Crippen LogP contribution in [0.5, 0.6) is 0 Å². The maximum absolute atomic E-state index is 12.2. The fourth-order valence-corrected chi connectivity index (χ4v) is 5.03. The van der Waals surface area contributed by atoms with Crippen LogP contribution in [0.1, 0.15) is 38.1 Å². The highest BCUT2D eigenvalue weighted by molar-refractivity contribution is 8.00. The van der Waals surface area contributed by atoms with E-state index >= 15 is 0 Å². The minimum absolute atomic E-state index is 0.00633. The number of thiazole rings is 1. The van der Waals surface area contributed by atoms with E-state index in [2.05, 4.69) is 20.5 Å². The lowest BCUT2D eigenvalue weighted by molar-refractivity contribution is -0.120. The Balaban J connectivity index is 1.65. The monoisotopic (exact) mass is 409 g/mol. The molecular formula is C16H19N5O2S3. The normalized spacial score (nSPS) is 11.4. The molecule has 1 amide bonds. The van der Waals surface area contributed by atoms with Crippen LogP contribution in [0.2, 0.25) is 0 Å². The first kappa shape index (κ1) is 19.0. The zero-order valence-electron chi connectivity index (χ0n) is 14.7. The van der Waals surface area contributed by atoms with Crippen LogP contribution < -0.4 is 10.9 Å². The molecule has 0 aliphatic carbocycles. The van der Waals surface area contributed by atoms with Crippen molar-refractivity contribution >= 4 is 50.4 Å². The highest BCUT2D eigenvalue weighted by Crippen LogP contribution is 2.28. The summed E-state index contributed by atoms with van der Waals surface area (Å²) in [6, 6.07) is 1.55. The molecule has 10 heteroatoms. The summed E-state index contributed by atoms with van der Waals surface area (Å²) in [5, 5.41) is 13.4. The third-order valence-corrected chi connectivity index (χ3v) is 6.91. The lowest BCUT2D eigenvalue weighted by Gasteiger charge is -2.09. The molecule has 3 heterocycles. The van der Waals surface area contributed by atoms with Gasteiger partial charge in [0.1, 0.15) is 0 Å². The Bertz CT molecular complexity index is 974. The molecule has 1 N–H and O–H groups in total. The number of nitrogens with zero attached hydrogens (tertiary/aromatic N) is 4. The van der Waals surface area contributed by atoms with Crippen molar-refractivity contribution in [3.8, 4) is 0 Å². The first-order valence-electron chi connectivity index (χ1n) is 8.25. The van der Waals surface area contributed by atoms with Gasteiger partial charge in [-0.25, -0.2) is 4.98 Å². The van der Waals surface area contributed by atoms with Crippen LogP contribution in [-0.4, -0.2) is 25.5 Å². The molecule has 0 saturated carbocycles. The van der Waals surface area contributed by atoms with E-state index in [0.717, 1.165) is 22.9 Å². The molecule has 138 valence electrons. The van der Waals surface area contributed by atoms with Gasteiger partial charge in [-0.3, -0.25) is 14.0 Å². The lowest BCUT2D eigenvalue weighted by atomic mass is 10.0. The molecule has 7 nitrogen and oxygen atoms in total. The van der Waals surface area contributed by atoms with Crippen molar-refractivity contribution in [3.05, 3.63) is 33.2 Å². The summed E-state index contributed by atoms with van der Waals surface area (Å²) in [5.74, 6) is 0.502. The van der Waals surface area contributed by atoms with E-state index in [1.165, 1.54) is 34.4 Å². The molecule has 0 unspecified atom stereocenters. The Kier molecular flexibility index (Phi) is 6.05. The van der Waals surface area contributed by atoms with Gasteiger partial charge in [0.25, 0.3) is 5.56 Å². The molecule has 0 atom stereocenters. The lowest BCUT2D eigenvalue weighted by Crippen LogP contribution is -2.21. The molecule has 26 heavy (non-hydrogen) atoms. The van der Waals surface area contributed by atoms with Gasteiger partial charge in [0.05, 0.1) is 5.69 Å². The number of rotatable bonds is 7. The maximum Gasteiger partial charge on any atom is 0.258 e. The van der Waals surface area contributed by atoms with Gasteiger partial charge < -0.3 is 5.32 Å². The van der Waals surface area contributed by atoms with Gasteiger partial charge in [0.15, 0.2) is 9.30 Å². The number of amides is 1. The second kappa shape index (κ2) is 8.28. The number of fused-ring (bicyclic) bond motifs is 1.